The third kappa shape index (κ3) is 2.60. The summed E-state index contributed by atoms with van der Waals surface area (Å²) in [7, 11) is 0. The number of hydrogen-bond acceptors (Lipinski definition) is 3. The Morgan fingerprint density at radius 3 is 2.47 bits per heavy atom. The maximum absolute atomic E-state index is 10.8. The number of halogens is 1. The van der Waals surface area contributed by atoms with Crippen LogP contribution in [0, 0.1) is 17.0 Å². The minimum Gasteiger partial charge on any atom is -0.370 e. The highest BCUT2D eigenvalue weighted by Gasteiger charge is 2.19. The van der Waals surface area contributed by atoms with Crippen LogP contribution in [0.4, 0.5) is 11.4 Å². The van der Waals surface area contributed by atoms with E-state index in [-0.39, 0.29) is 10.6 Å². The van der Waals surface area contributed by atoms with E-state index in [4.69, 9.17) is 0 Å². The zero-order chi connectivity index (χ0) is 12.4. The Labute approximate surface area is 109 Å². The largest absolute Gasteiger partial charge is 0.370 e. The van der Waals surface area contributed by atoms with Crippen LogP contribution in [0.1, 0.15) is 24.8 Å². The van der Waals surface area contributed by atoms with Crippen LogP contribution in [0.3, 0.4) is 0 Å². The standard InChI is InChI=1S/C12H15BrN2O2/c1-9-7-10(15(16)17)8-11(13)12(9)14-5-3-2-4-6-14/h7-8H,2-6H2,1H3. The van der Waals surface area contributed by atoms with Gasteiger partial charge in [-0.15, -0.1) is 0 Å². The molecular formula is C12H15BrN2O2. The summed E-state index contributed by atoms with van der Waals surface area (Å²) in [6, 6.07) is 3.24. The fourth-order valence-electron chi connectivity index (χ4n) is 2.34. The first-order chi connectivity index (χ1) is 8.09. The van der Waals surface area contributed by atoms with Crippen LogP contribution in [-0.4, -0.2) is 18.0 Å². The number of non-ortho nitro benzene ring substituents is 1. The molecule has 4 nitrogen and oxygen atoms in total. The summed E-state index contributed by atoms with van der Waals surface area (Å²) in [5.41, 5.74) is 2.22. The highest BCUT2D eigenvalue weighted by molar-refractivity contribution is 9.10. The number of hydrogen-bond donors (Lipinski definition) is 0. The van der Waals surface area contributed by atoms with Crippen LogP contribution in [0.5, 0.6) is 0 Å². The summed E-state index contributed by atoms with van der Waals surface area (Å²) in [6.45, 7) is 4.01. The Kier molecular flexibility index (Phi) is 3.66. The van der Waals surface area contributed by atoms with E-state index in [2.05, 4.69) is 20.8 Å². The SMILES string of the molecule is Cc1cc([N+](=O)[O-])cc(Br)c1N1CCCCC1. The summed E-state index contributed by atoms with van der Waals surface area (Å²) < 4.78 is 0.825. The van der Waals surface area contributed by atoms with Crippen molar-refractivity contribution in [1.82, 2.24) is 0 Å². The topological polar surface area (TPSA) is 46.4 Å². The fraction of sp³-hybridized carbons (Fsp3) is 0.500. The van der Waals surface area contributed by atoms with Crippen LogP contribution in [0.2, 0.25) is 0 Å². The number of anilines is 1. The monoisotopic (exact) mass is 298 g/mol. The lowest BCUT2D eigenvalue weighted by Crippen LogP contribution is -2.30. The minimum absolute atomic E-state index is 0.148. The van der Waals surface area contributed by atoms with Gasteiger partial charge >= 0.3 is 0 Å². The molecule has 0 N–H and O–H groups in total. The second-order valence-electron chi connectivity index (χ2n) is 4.40. The van der Waals surface area contributed by atoms with Crippen LogP contribution in [0.25, 0.3) is 0 Å². The molecule has 1 aliphatic rings. The summed E-state index contributed by atoms with van der Waals surface area (Å²) in [4.78, 5) is 12.7. The predicted octanol–water partition coefficient (Wildman–Crippen LogP) is 3.66. The number of aryl methyl sites for hydroxylation is 1. The number of nitro benzene ring substituents is 1. The van der Waals surface area contributed by atoms with Crippen molar-refractivity contribution in [2.45, 2.75) is 26.2 Å². The summed E-state index contributed by atoms with van der Waals surface area (Å²) in [5.74, 6) is 0. The smallest absolute Gasteiger partial charge is 0.270 e. The molecule has 0 aliphatic carbocycles. The van der Waals surface area contributed by atoms with Crippen molar-refractivity contribution in [2.24, 2.45) is 0 Å². The van der Waals surface area contributed by atoms with E-state index in [1.165, 1.54) is 19.3 Å². The first-order valence-corrected chi connectivity index (χ1v) is 6.58. The molecule has 0 atom stereocenters. The van der Waals surface area contributed by atoms with Gasteiger partial charge in [-0.25, -0.2) is 0 Å². The third-order valence-electron chi connectivity index (χ3n) is 3.12. The van der Waals surface area contributed by atoms with Crippen LogP contribution >= 0.6 is 15.9 Å². The number of piperidine rings is 1. The Hall–Kier alpha value is -1.10. The molecule has 1 heterocycles. The molecule has 5 heteroatoms. The van der Waals surface area contributed by atoms with Crippen molar-refractivity contribution in [1.29, 1.82) is 0 Å². The van der Waals surface area contributed by atoms with E-state index in [1.807, 2.05) is 6.92 Å². The van der Waals surface area contributed by atoms with Crippen LogP contribution < -0.4 is 4.90 Å². The zero-order valence-corrected chi connectivity index (χ0v) is 11.4. The molecule has 0 radical (unpaired) electrons. The molecule has 0 amide bonds. The molecule has 1 saturated heterocycles. The molecule has 2 rings (SSSR count). The molecule has 1 fully saturated rings. The Morgan fingerprint density at radius 2 is 1.94 bits per heavy atom. The maximum Gasteiger partial charge on any atom is 0.270 e. The third-order valence-corrected chi connectivity index (χ3v) is 3.73. The van der Waals surface area contributed by atoms with E-state index >= 15 is 0 Å². The lowest BCUT2D eigenvalue weighted by Gasteiger charge is -2.30. The Balaban J connectivity index is 2.37. The Bertz CT molecular complexity index is 419. The quantitative estimate of drug-likeness (QED) is 0.618. The lowest BCUT2D eigenvalue weighted by molar-refractivity contribution is -0.385. The second kappa shape index (κ2) is 5.04. The molecule has 1 aromatic rings. The number of rotatable bonds is 2. The number of nitrogens with zero attached hydrogens (tertiary/aromatic N) is 2. The van der Waals surface area contributed by atoms with Gasteiger partial charge in [0, 0.05) is 29.7 Å². The molecule has 92 valence electrons. The van der Waals surface area contributed by atoms with E-state index in [1.54, 1.807) is 12.1 Å². The van der Waals surface area contributed by atoms with Crippen molar-refractivity contribution in [3.05, 3.63) is 32.3 Å². The van der Waals surface area contributed by atoms with E-state index in [0.29, 0.717) is 0 Å². The highest BCUT2D eigenvalue weighted by atomic mass is 79.9. The highest BCUT2D eigenvalue weighted by Crippen LogP contribution is 2.35. The van der Waals surface area contributed by atoms with Crippen molar-refractivity contribution < 1.29 is 4.92 Å². The van der Waals surface area contributed by atoms with E-state index in [0.717, 1.165) is 28.8 Å². The van der Waals surface area contributed by atoms with Gasteiger partial charge in [0.1, 0.15) is 0 Å². The molecule has 0 unspecified atom stereocenters. The fourth-order valence-corrected chi connectivity index (χ4v) is 3.14. The summed E-state index contributed by atoms with van der Waals surface area (Å²) in [6.07, 6.45) is 3.67. The van der Waals surface area contributed by atoms with Gasteiger partial charge < -0.3 is 4.90 Å². The minimum atomic E-state index is -0.349. The first-order valence-electron chi connectivity index (χ1n) is 5.79. The molecule has 17 heavy (non-hydrogen) atoms. The van der Waals surface area contributed by atoms with Gasteiger partial charge in [0.25, 0.3) is 5.69 Å². The van der Waals surface area contributed by atoms with Gasteiger partial charge in [-0.05, 0) is 47.7 Å². The van der Waals surface area contributed by atoms with E-state index < -0.39 is 0 Å². The molecule has 0 saturated carbocycles. The van der Waals surface area contributed by atoms with Gasteiger partial charge in [-0.1, -0.05) is 0 Å². The van der Waals surface area contributed by atoms with Crippen molar-refractivity contribution >= 4 is 27.3 Å². The lowest BCUT2D eigenvalue weighted by atomic mass is 10.1. The molecule has 1 aromatic carbocycles. The first kappa shape index (κ1) is 12.4. The normalized spacial score (nSPS) is 16.0. The zero-order valence-electron chi connectivity index (χ0n) is 9.78. The van der Waals surface area contributed by atoms with Gasteiger partial charge in [-0.2, -0.15) is 0 Å². The second-order valence-corrected chi connectivity index (χ2v) is 5.25. The predicted molar refractivity (Wildman–Crippen MR) is 71.6 cm³/mol. The molecule has 1 aliphatic heterocycles. The number of benzene rings is 1. The van der Waals surface area contributed by atoms with Gasteiger partial charge in [0.2, 0.25) is 0 Å². The summed E-state index contributed by atoms with van der Waals surface area (Å²) >= 11 is 3.46. The van der Waals surface area contributed by atoms with Crippen molar-refractivity contribution in [3.8, 4) is 0 Å². The van der Waals surface area contributed by atoms with Gasteiger partial charge in [0.05, 0.1) is 10.6 Å². The van der Waals surface area contributed by atoms with Crippen molar-refractivity contribution in [2.75, 3.05) is 18.0 Å². The Morgan fingerprint density at radius 1 is 1.29 bits per heavy atom. The molecular weight excluding hydrogens is 284 g/mol. The van der Waals surface area contributed by atoms with Crippen LogP contribution in [0.15, 0.2) is 16.6 Å². The maximum atomic E-state index is 10.8. The molecule has 0 spiro atoms. The summed E-state index contributed by atoms with van der Waals surface area (Å²) in [5, 5.41) is 10.8. The van der Waals surface area contributed by atoms with Crippen molar-refractivity contribution in [3.63, 3.8) is 0 Å². The average molecular weight is 299 g/mol. The van der Waals surface area contributed by atoms with Crippen LogP contribution in [-0.2, 0) is 0 Å². The molecule has 0 bridgehead atoms. The average Bonchev–Trinajstić information content (AvgIpc) is 2.29. The van der Waals surface area contributed by atoms with Gasteiger partial charge in [-0.3, -0.25) is 10.1 Å². The molecule has 0 aromatic heterocycles. The van der Waals surface area contributed by atoms with Gasteiger partial charge in [0.15, 0.2) is 0 Å². The van der Waals surface area contributed by atoms with E-state index in [9.17, 15) is 10.1 Å². The number of nitro groups is 1.